The van der Waals surface area contributed by atoms with E-state index in [2.05, 4.69) is 55.4 Å². The quantitative estimate of drug-likeness (QED) is 0.0548. The van der Waals surface area contributed by atoms with Crippen molar-refractivity contribution in [2.75, 3.05) is 106 Å². The van der Waals surface area contributed by atoms with E-state index < -0.39 is 0 Å². The lowest BCUT2D eigenvalue weighted by molar-refractivity contribution is -0.0958. The van der Waals surface area contributed by atoms with E-state index in [0.717, 1.165) is 104 Å². The van der Waals surface area contributed by atoms with Crippen LogP contribution in [0.4, 0.5) is 0 Å². The maximum absolute atomic E-state index is 6.52. The van der Waals surface area contributed by atoms with Crippen molar-refractivity contribution in [3.63, 3.8) is 0 Å². The highest BCUT2D eigenvalue weighted by Gasteiger charge is 2.18. The molecule has 0 bridgehead atoms. The second kappa shape index (κ2) is 117. The number of hydrogen-bond acceptors (Lipinski definition) is 10. The highest BCUT2D eigenvalue weighted by Crippen LogP contribution is 2.21. The summed E-state index contributed by atoms with van der Waals surface area (Å²) in [6.45, 7) is 29.5. The Morgan fingerprint density at radius 2 is 0.189 bits per heavy atom. The zero-order valence-corrected chi connectivity index (χ0v) is 85.1. The van der Waals surface area contributed by atoms with Crippen molar-refractivity contribution in [3.8, 4) is 0 Å². The topological polar surface area (TPSA) is 92.3 Å². The molecule has 0 aliphatic rings. The Kier molecular flexibility index (Phi) is 118. The minimum atomic E-state index is -0.0265. The number of rotatable bonds is 112. The van der Waals surface area contributed by atoms with Crippen molar-refractivity contribution in [1.29, 1.82) is 0 Å². The van der Waals surface area contributed by atoms with Crippen LogP contribution in [0.3, 0.4) is 0 Å². The SMILES string of the molecule is CCCCCCCCCCCCCCCCCCOCC(COCC(COCCCCCCCCCCCCCC)OCCCCCCCCCCCCCC)OCCCCCCCCCCCCCCCCCC.CCCCCCCCCCOCC(COCC(COCCCCCCCC)OCCCCCCCC)OCCCCCCCCCC. The Labute approximate surface area is 767 Å². The Balaban J connectivity index is 0. The van der Waals surface area contributed by atoms with Crippen LogP contribution >= 0.6 is 0 Å². The van der Waals surface area contributed by atoms with E-state index in [1.54, 1.807) is 0 Å². The molecule has 0 aromatic heterocycles. The van der Waals surface area contributed by atoms with Gasteiger partial charge in [0.15, 0.2) is 0 Å². The lowest BCUT2D eigenvalue weighted by Crippen LogP contribution is -2.31. The van der Waals surface area contributed by atoms with Gasteiger partial charge < -0.3 is 47.4 Å². The molecule has 122 heavy (non-hydrogen) atoms. The van der Waals surface area contributed by atoms with Crippen LogP contribution in [0.1, 0.15) is 595 Å². The summed E-state index contributed by atoms with van der Waals surface area (Å²) in [5, 5.41) is 0. The number of ether oxygens (including phenoxy) is 10. The van der Waals surface area contributed by atoms with Crippen molar-refractivity contribution in [3.05, 3.63) is 0 Å². The highest BCUT2D eigenvalue weighted by molar-refractivity contribution is 4.65. The van der Waals surface area contributed by atoms with Crippen LogP contribution in [-0.4, -0.2) is 130 Å². The van der Waals surface area contributed by atoms with Gasteiger partial charge in [-0.25, -0.2) is 0 Å². The third-order valence-corrected chi connectivity index (χ3v) is 25.4. The minimum Gasteiger partial charge on any atom is -0.379 e. The monoisotopic (exact) mass is 1730 g/mol. The normalized spacial score (nSPS) is 12.8. The smallest absolute Gasteiger partial charge is 0.104 e. The van der Waals surface area contributed by atoms with Gasteiger partial charge in [-0.1, -0.05) is 543 Å². The largest absolute Gasteiger partial charge is 0.379 e. The molecule has 0 spiro atoms. The Bertz CT molecular complexity index is 1740. The predicted octanol–water partition coefficient (Wildman–Crippen LogP) is 36.5. The fraction of sp³-hybridized carbons (Fsp3) is 1.00. The molecule has 0 amide bonds. The lowest BCUT2D eigenvalue weighted by atomic mass is 10.0. The van der Waals surface area contributed by atoms with Crippen molar-refractivity contribution in [2.24, 2.45) is 0 Å². The molecule has 736 valence electrons. The Hall–Kier alpha value is -0.400. The van der Waals surface area contributed by atoms with Crippen LogP contribution in [0.2, 0.25) is 0 Å². The van der Waals surface area contributed by atoms with Crippen molar-refractivity contribution < 1.29 is 47.4 Å². The molecule has 0 aliphatic heterocycles. The average Bonchev–Trinajstić information content (AvgIpc) is 0.972. The van der Waals surface area contributed by atoms with Gasteiger partial charge in [-0.15, -0.1) is 0 Å². The van der Waals surface area contributed by atoms with E-state index in [4.69, 9.17) is 47.4 Å². The van der Waals surface area contributed by atoms with Gasteiger partial charge in [0, 0.05) is 52.9 Å². The van der Waals surface area contributed by atoms with Gasteiger partial charge in [0.1, 0.15) is 24.4 Å². The summed E-state index contributed by atoms with van der Waals surface area (Å²) in [4.78, 5) is 0. The molecule has 0 aromatic carbocycles. The number of unbranched alkanes of at least 4 members (excludes halogenated alkanes) is 76. The molecule has 10 heteroatoms. The summed E-state index contributed by atoms with van der Waals surface area (Å²) >= 11 is 0. The second-order valence-electron chi connectivity index (χ2n) is 38.2. The number of hydrogen-bond donors (Lipinski definition) is 0. The van der Waals surface area contributed by atoms with Gasteiger partial charge in [0.25, 0.3) is 0 Å². The van der Waals surface area contributed by atoms with E-state index >= 15 is 0 Å². The minimum absolute atomic E-state index is 0.0164. The zero-order chi connectivity index (χ0) is 88.1. The standard InChI is InChI=1S/C70H142O5.C42H86O5/c1-5-9-13-17-21-25-29-33-35-37-39-42-46-50-54-58-62-72-66-70(75-64-60-56-52-48-44-40-38-36-34-30-26-22-18-14-10-6-2)68-73-67-69(74-63-59-55-51-47-43-32-28-24-20-16-12-8-4)65-71-61-57-53-49-45-41-31-27-23-19-15-11-7-3;1-5-9-13-17-21-23-26-30-34-44-38-42(47-36-32-28-24-22-18-14-10-6-2)40-45-39-41(46-35-31-27-20-16-12-8-4)37-43-33-29-25-19-15-11-7-3/h69-70H,5-68H2,1-4H3;41-42H,5-40H2,1-4H3. The molecule has 4 unspecified atom stereocenters. The summed E-state index contributed by atoms with van der Waals surface area (Å²) in [7, 11) is 0. The van der Waals surface area contributed by atoms with E-state index in [1.165, 1.54) is 488 Å². The molecule has 0 aromatic rings. The molecule has 0 rings (SSSR count). The van der Waals surface area contributed by atoms with E-state index in [9.17, 15) is 0 Å². The Morgan fingerprint density at radius 1 is 0.0984 bits per heavy atom. The zero-order valence-electron chi connectivity index (χ0n) is 85.1. The first kappa shape index (κ1) is 124. The van der Waals surface area contributed by atoms with Gasteiger partial charge in [0.2, 0.25) is 0 Å². The van der Waals surface area contributed by atoms with E-state index in [-0.39, 0.29) is 24.4 Å². The molecule has 0 fully saturated rings. The Morgan fingerprint density at radius 3 is 0.303 bits per heavy atom. The summed E-state index contributed by atoms with van der Waals surface area (Å²) in [6.07, 6.45) is 114. The van der Waals surface area contributed by atoms with Gasteiger partial charge >= 0.3 is 0 Å². The molecule has 4 atom stereocenters. The molecular weight excluding hydrogens is 1510 g/mol. The van der Waals surface area contributed by atoms with Crippen LogP contribution in [-0.2, 0) is 47.4 Å². The fourth-order valence-corrected chi connectivity index (χ4v) is 16.9. The third kappa shape index (κ3) is 110. The maximum Gasteiger partial charge on any atom is 0.104 e. The molecule has 0 N–H and O–H groups in total. The van der Waals surface area contributed by atoms with Gasteiger partial charge in [-0.2, -0.15) is 0 Å². The van der Waals surface area contributed by atoms with Crippen molar-refractivity contribution in [1.82, 2.24) is 0 Å². The van der Waals surface area contributed by atoms with Crippen LogP contribution in [0.15, 0.2) is 0 Å². The summed E-state index contributed by atoms with van der Waals surface area (Å²) in [6, 6.07) is 0. The predicted molar refractivity (Wildman–Crippen MR) is 537 cm³/mol. The van der Waals surface area contributed by atoms with E-state index in [1.807, 2.05) is 0 Å². The van der Waals surface area contributed by atoms with Crippen LogP contribution < -0.4 is 0 Å². The third-order valence-electron chi connectivity index (χ3n) is 25.4. The molecule has 0 heterocycles. The van der Waals surface area contributed by atoms with Crippen LogP contribution in [0.5, 0.6) is 0 Å². The molecular formula is C112H228O10. The molecule has 10 nitrogen and oxygen atoms in total. The highest BCUT2D eigenvalue weighted by atomic mass is 16.6. The molecule has 0 radical (unpaired) electrons. The van der Waals surface area contributed by atoms with Crippen molar-refractivity contribution >= 4 is 0 Å². The summed E-state index contributed by atoms with van der Waals surface area (Å²) in [5.74, 6) is 0. The molecule has 0 aliphatic carbocycles. The first-order chi connectivity index (χ1) is 60.6. The maximum atomic E-state index is 6.52. The molecule has 0 saturated carbocycles. The first-order valence-electron chi connectivity index (χ1n) is 56.5. The van der Waals surface area contributed by atoms with E-state index in [0.29, 0.717) is 52.9 Å². The average molecular weight is 1740 g/mol. The van der Waals surface area contributed by atoms with Crippen LogP contribution in [0, 0.1) is 0 Å². The second-order valence-corrected chi connectivity index (χ2v) is 38.2. The van der Waals surface area contributed by atoms with Gasteiger partial charge in [0.05, 0.1) is 52.9 Å². The summed E-state index contributed by atoms with van der Waals surface area (Å²) in [5.41, 5.74) is 0. The van der Waals surface area contributed by atoms with Gasteiger partial charge in [-0.3, -0.25) is 0 Å². The fourth-order valence-electron chi connectivity index (χ4n) is 16.9. The molecule has 0 saturated heterocycles. The lowest BCUT2D eigenvalue weighted by Gasteiger charge is -2.22. The van der Waals surface area contributed by atoms with Crippen molar-refractivity contribution in [2.45, 2.75) is 619 Å². The van der Waals surface area contributed by atoms with Crippen LogP contribution in [0.25, 0.3) is 0 Å². The van der Waals surface area contributed by atoms with Gasteiger partial charge in [-0.05, 0) is 51.4 Å². The first-order valence-corrected chi connectivity index (χ1v) is 56.5. The summed E-state index contributed by atoms with van der Waals surface area (Å²) < 4.78 is 63.1.